The second-order valence-corrected chi connectivity index (χ2v) is 7.25. The van der Waals surface area contributed by atoms with Crippen molar-refractivity contribution < 1.29 is 23.1 Å². The molecule has 158 valence electrons. The summed E-state index contributed by atoms with van der Waals surface area (Å²) in [6.45, 7) is 1.74. The molecule has 2 aromatic rings. The highest BCUT2D eigenvalue weighted by molar-refractivity contribution is 6.00. The molecule has 3 amide bonds. The van der Waals surface area contributed by atoms with Crippen molar-refractivity contribution in [3.63, 3.8) is 0 Å². The number of carbonyl (C=O) groups is 2. The highest BCUT2D eigenvalue weighted by atomic mass is 19.1. The van der Waals surface area contributed by atoms with Crippen LogP contribution in [0.5, 0.6) is 5.75 Å². The number of nitrogens with one attached hydrogen (secondary N) is 2. The molecule has 0 radical (unpaired) electrons. The molecule has 1 unspecified atom stereocenters. The third kappa shape index (κ3) is 3.74. The third-order valence-corrected chi connectivity index (χ3v) is 5.37. The van der Waals surface area contributed by atoms with Crippen LogP contribution in [0.15, 0.2) is 36.4 Å². The minimum Gasteiger partial charge on any atom is -0.495 e. The summed E-state index contributed by atoms with van der Waals surface area (Å²) in [6, 6.07) is 8.14. The van der Waals surface area contributed by atoms with Gasteiger partial charge in [0.25, 0.3) is 5.91 Å². The maximum Gasteiger partial charge on any atom is 0.322 e. The smallest absolute Gasteiger partial charge is 0.322 e. The fourth-order valence-electron chi connectivity index (χ4n) is 3.88. The summed E-state index contributed by atoms with van der Waals surface area (Å²) in [5.74, 6) is -1.07. The van der Waals surface area contributed by atoms with Crippen molar-refractivity contribution in [1.82, 2.24) is 10.6 Å². The van der Waals surface area contributed by atoms with E-state index in [9.17, 15) is 18.4 Å². The zero-order chi connectivity index (χ0) is 21.3. The molecule has 2 aliphatic heterocycles. The van der Waals surface area contributed by atoms with Gasteiger partial charge in [0.1, 0.15) is 23.1 Å². The number of hydrogen-bond donors (Lipinski definition) is 2. The Morgan fingerprint density at radius 3 is 2.63 bits per heavy atom. The SMILES string of the molecule is COc1ccc(C(=O)NC2CCN(c3c(F)cccc3F)C2)cc1N1CCNC1=O. The number of carbonyl (C=O) groups excluding carboxylic acids is 2. The van der Waals surface area contributed by atoms with Crippen LogP contribution < -0.4 is 25.2 Å². The summed E-state index contributed by atoms with van der Waals surface area (Å²) < 4.78 is 33.4. The zero-order valence-electron chi connectivity index (χ0n) is 16.5. The number of nitrogens with zero attached hydrogens (tertiary/aromatic N) is 2. The van der Waals surface area contributed by atoms with E-state index in [1.807, 2.05) is 0 Å². The van der Waals surface area contributed by atoms with Crippen LogP contribution in [0, 0.1) is 11.6 Å². The molecule has 0 aromatic heterocycles. The summed E-state index contributed by atoms with van der Waals surface area (Å²) in [6.07, 6.45) is 0.567. The number of amides is 3. The lowest BCUT2D eigenvalue weighted by atomic mass is 10.1. The predicted molar refractivity (Wildman–Crippen MR) is 108 cm³/mol. The Bertz CT molecular complexity index is 964. The van der Waals surface area contributed by atoms with Gasteiger partial charge in [0.15, 0.2) is 0 Å². The molecule has 0 spiro atoms. The summed E-state index contributed by atoms with van der Waals surface area (Å²) in [7, 11) is 1.50. The Balaban J connectivity index is 1.47. The Hall–Kier alpha value is -3.36. The molecule has 2 saturated heterocycles. The predicted octanol–water partition coefficient (Wildman–Crippen LogP) is 2.51. The van der Waals surface area contributed by atoms with Crippen LogP contribution in [0.2, 0.25) is 0 Å². The number of benzene rings is 2. The molecule has 2 fully saturated rings. The van der Waals surface area contributed by atoms with Crippen LogP contribution in [0.4, 0.5) is 25.0 Å². The van der Waals surface area contributed by atoms with E-state index >= 15 is 0 Å². The largest absolute Gasteiger partial charge is 0.495 e. The van der Waals surface area contributed by atoms with Crippen LogP contribution in [0.3, 0.4) is 0 Å². The van der Waals surface area contributed by atoms with Gasteiger partial charge in [-0.2, -0.15) is 0 Å². The molecule has 2 N–H and O–H groups in total. The second kappa shape index (κ2) is 8.17. The van der Waals surface area contributed by atoms with Crippen molar-refractivity contribution in [2.24, 2.45) is 0 Å². The summed E-state index contributed by atoms with van der Waals surface area (Å²) in [5, 5.41) is 5.64. The standard InChI is InChI=1S/C21H22F2N4O3/c1-30-18-6-5-13(11-17(18)27-10-8-24-21(27)29)20(28)25-14-7-9-26(12-14)19-15(22)3-2-4-16(19)23/h2-6,11,14H,7-10,12H2,1H3,(H,24,29)(H,25,28). The maximum absolute atomic E-state index is 14.0. The van der Waals surface area contributed by atoms with Gasteiger partial charge in [-0.3, -0.25) is 9.69 Å². The number of urea groups is 1. The second-order valence-electron chi connectivity index (χ2n) is 7.25. The van der Waals surface area contributed by atoms with Gasteiger partial charge in [0, 0.05) is 37.8 Å². The first-order valence-corrected chi connectivity index (χ1v) is 9.71. The minimum absolute atomic E-state index is 0.0685. The molecule has 30 heavy (non-hydrogen) atoms. The normalized spacial score (nSPS) is 18.5. The topological polar surface area (TPSA) is 73.9 Å². The average molecular weight is 416 g/mol. The molecular formula is C21H22F2N4O3. The molecule has 0 aliphatic carbocycles. The van der Waals surface area contributed by atoms with Crippen LogP contribution in [-0.4, -0.2) is 51.3 Å². The van der Waals surface area contributed by atoms with Crippen LogP contribution in [0.25, 0.3) is 0 Å². The van der Waals surface area contributed by atoms with Gasteiger partial charge in [-0.25, -0.2) is 13.6 Å². The average Bonchev–Trinajstić information content (AvgIpc) is 3.36. The van der Waals surface area contributed by atoms with Crippen molar-refractivity contribution in [2.75, 3.05) is 43.1 Å². The number of ether oxygens (including phenoxy) is 1. The van der Waals surface area contributed by atoms with E-state index in [0.717, 1.165) is 0 Å². The molecule has 7 nitrogen and oxygen atoms in total. The van der Waals surface area contributed by atoms with Gasteiger partial charge in [-0.05, 0) is 36.8 Å². The van der Waals surface area contributed by atoms with E-state index in [1.165, 1.54) is 30.2 Å². The van der Waals surface area contributed by atoms with Gasteiger partial charge in [-0.15, -0.1) is 0 Å². The lowest BCUT2D eigenvalue weighted by Gasteiger charge is -2.21. The summed E-state index contributed by atoms with van der Waals surface area (Å²) in [5.41, 5.74) is 0.823. The van der Waals surface area contributed by atoms with E-state index in [0.29, 0.717) is 49.6 Å². The fraction of sp³-hybridized carbons (Fsp3) is 0.333. The van der Waals surface area contributed by atoms with E-state index in [2.05, 4.69) is 10.6 Å². The monoisotopic (exact) mass is 416 g/mol. The zero-order valence-corrected chi connectivity index (χ0v) is 16.5. The third-order valence-electron chi connectivity index (χ3n) is 5.37. The molecule has 4 rings (SSSR count). The van der Waals surface area contributed by atoms with Crippen LogP contribution in [0.1, 0.15) is 16.8 Å². The number of anilines is 2. The highest BCUT2D eigenvalue weighted by Gasteiger charge is 2.29. The van der Waals surface area contributed by atoms with Crippen molar-refractivity contribution in [3.05, 3.63) is 53.6 Å². The van der Waals surface area contributed by atoms with Gasteiger partial charge in [0.2, 0.25) is 0 Å². The van der Waals surface area contributed by atoms with E-state index in [-0.39, 0.29) is 23.7 Å². The van der Waals surface area contributed by atoms with Gasteiger partial charge in [-0.1, -0.05) is 6.07 Å². The molecule has 1 atom stereocenters. The Kier molecular flexibility index (Phi) is 5.43. The van der Waals surface area contributed by atoms with Crippen molar-refractivity contribution in [3.8, 4) is 5.75 Å². The Labute approximate surface area is 172 Å². The molecule has 2 aromatic carbocycles. The summed E-state index contributed by atoms with van der Waals surface area (Å²) in [4.78, 5) is 27.9. The maximum atomic E-state index is 14.0. The van der Waals surface area contributed by atoms with Crippen molar-refractivity contribution >= 4 is 23.3 Å². The first-order valence-electron chi connectivity index (χ1n) is 9.71. The minimum atomic E-state index is -0.620. The van der Waals surface area contributed by atoms with Gasteiger partial charge in [0.05, 0.1) is 12.8 Å². The van der Waals surface area contributed by atoms with Crippen LogP contribution in [-0.2, 0) is 0 Å². The van der Waals surface area contributed by atoms with Gasteiger partial charge < -0.3 is 20.3 Å². The summed E-state index contributed by atoms with van der Waals surface area (Å²) >= 11 is 0. The lowest BCUT2D eigenvalue weighted by Crippen LogP contribution is -2.37. The van der Waals surface area contributed by atoms with E-state index in [1.54, 1.807) is 23.1 Å². The lowest BCUT2D eigenvalue weighted by molar-refractivity contribution is 0.0940. The van der Waals surface area contributed by atoms with Gasteiger partial charge >= 0.3 is 6.03 Å². The Morgan fingerprint density at radius 2 is 1.97 bits per heavy atom. The highest BCUT2D eigenvalue weighted by Crippen LogP contribution is 2.31. The molecule has 9 heteroatoms. The van der Waals surface area contributed by atoms with Crippen molar-refractivity contribution in [1.29, 1.82) is 0 Å². The molecule has 2 aliphatic rings. The number of hydrogen-bond acceptors (Lipinski definition) is 4. The molecule has 2 heterocycles. The number of methoxy groups -OCH3 is 1. The van der Waals surface area contributed by atoms with E-state index in [4.69, 9.17) is 4.74 Å². The fourth-order valence-corrected chi connectivity index (χ4v) is 3.88. The Morgan fingerprint density at radius 1 is 1.20 bits per heavy atom. The number of halogens is 2. The number of para-hydroxylation sites is 1. The first-order chi connectivity index (χ1) is 14.5. The van der Waals surface area contributed by atoms with Crippen LogP contribution >= 0.6 is 0 Å². The number of rotatable bonds is 5. The molecule has 0 bridgehead atoms. The van der Waals surface area contributed by atoms with E-state index < -0.39 is 11.6 Å². The first kappa shape index (κ1) is 19.9. The molecular weight excluding hydrogens is 394 g/mol. The quantitative estimate of drug-likeness (QED) is 0.786. The van der Waals surface area contributed by atoms with Crippen molar-refractivity contribution in [2.45, 2.75) is 12.5 Å². The molecule has 0 saturated carbocycles.